The molecular formula is C17H18FN3O7S. The number of carbonyl (C=O) groups is 2. The number of benzene rings is 1. The van der Waals surface area contributed by atoms with Crippen LogP contribution in [0.5, 0.6) is 5.75 Å². The van der Waals surface area contributed by atoms with Gasteiger partial charge in [-0.15, -0.1) is 0 Å². The molecule has 2 heterocycles. The Morgan fingerprint density at radius 2 is 1.97 bits per heavy atom. The highest BCUT2D eigenvalue weighted by Gasteiger charge is 2.28. The van der Waals surface area contributed by atoms with Gasteiger partial charge in [-0.2, -0.15) is 0 Å². The molecule has 156 valence electrons. The maximum absolute atomic E-state index is 13.8. The minimum atomic E-state index is -3.52. The lowest BCUT2D eigenvalue weighted by molar-refractivity contribution is -0.134. The molecule has 12 heteroatoms. The Kier molecular flexibility index (Phi) is 6.93. The predicted octanol–water partition coefficient (Wildman–Crippen LogP) is 1.55. The molecule has 1 aliphatic heterocycles. The molecule has 29 heavy (non-hydrogen) atoms. The second-order valence-electron chi connectivity index (χ2n) is 5.95. The van der Waals surface area contributed by atoms with Gasteiger partial charge >= 0.3 is 11.9 Å². The molecule has 10 nitrogen and oxygen atoms in total. The van der Waals surface area contributed by atoms with E-state index in [1.165, 1.54) is 6.07 Å². The van der Waals surface area contributed by atoms with E-state index in [0.29, 0.717) is 36.5 Å². The fraction of sp³-hybridized carbons (Fsp3) is 0.235. The summed E-state index contributed by atoms with van der Waals surface area (Å²) in [6.45, 7) is 0.417. The Morgan fingerprint density at radius 3 is 2.48 bits per heavy atom. The second kappa shape index (κ2) is 9.19. The van der Waals surface area contributed by atoms with Crippen molar-refractivity contribution < 1.29 is 37.3 Å². The average Bonchev–Trinajstić information content (AvgIpc) is 3.13. The Labute approximate surface area is 165 Å². The van der Waals surface area contributed by atoms with Gasteiger partial charge in [0.2, 0.25) is 10.0 Å². The van der Waals surface area contributed by atoms with Crippen molar-refractivity contribution in [3.63, 3.8) is 0 Å². The lowest BCUT2D eigenvalue weighted by Crippen LogP contribution is -2.19. The predicted molar refractivity (Wildman–Crippen MR) is 99.8 cm³/mol. The lowest BCUT2D eigenvalue weighted by atomic mass is 9.90. The van der Waals surface area contributed by atoms with Crippen LogP contribution in [0.4, 0.5) is 10.1 Å². The number of sulfonamides is 1. The van der Waals surface area contributed by atoms with Gasteiger partial charge in [0.05, 0.1) is 24.9 Å². The van der Waals surface area contributed by atoms with E-state index in [4.69, 9.17) is 14.9 Å². The van der Waals surface area contributed by atoms with Crippen molar-refractivity contribution in [1.29, 1.82) is 0 Å². The maximum Gasteiger partial charge on any atom is 0.328 e. The Morgan fingerprint density at radius 1 is 1.31 bits per heavy atom. The number of rotatable bonds is 5. The number of anilines is 1. The molecule has 4 N–H and O–H groups in total. The summed E-state index contributed by atoms with van der Waals surface area (Å²) in [5.74, 6) is -2.77. The maximum atomic E-state index is 13.8. The van der Waals surface area contributed by atoms with E-state index in [2.05, 4.69) is 14.7 Å². The first kappa shape index (κ1) is 21.9. The van der Waals surface area contributed by atoms with Crippen molar-refractivity contribution in [2.45, 2.75) is 12.3 Å². The summed E-state index contributed by atoms with van der Waals surface area (Å²) >= 11 is 0. The molecule has 1 aliphatic rings. The number of aromatic amines is 1. The Balaban J connectivity index is 0.000000321. The molecule has 1 unspecified atom stereocenters. The molecule has 3 rings (SSSR count). The third-order valence-corrected chi connectivity index (χ3v) is 4.26. The molecule has 0 saturated heterocycles. The van der Waals surface area contributed by atoms with Crippen LogP contribution in [-0.4, -0.2) is 53.4 Å². The molecule has 1 aromatic carbocycles. The largest absolute Gasteiger partial charge is 0.491 e. The van der Waals surface area contributed by atoms with Crippen molar-refractivity contribution >= 4 is 27.6 Å². The van der Waals surface area contributed by atoms with Gasteiger partial charge in [-0.1, -0.05) is 0 Å². The van der Waals surface area contributed by atoms with Crippen LogP contribution in [0.1, 0.15) is 23.6 Å². The first-order valence-corrected chi connectivity index (χ1v) is 10.0. The number of nitrogens with zero attached hydrogens (tertiary/aromatic N) is 1. The third-order valence-electron chi connectivity index (χ3n) is 3.67. The van der Waals surface area contributed by atoms with Crippen LogP contribution >= 0.6 is 0 Å². The zero-order valence-corrected chi connectivity index (χ0v) is 15.9. The SMILES string of the molecule is CS(=O)(=O)Nc1cc(F)cc2c1OCCC2c1cnc[nH]1.O=C(O)C=CC(=O)O. The number of fused-ring (bicyclic) bond motifs is 1. The molecule has 2 aromatic rings. The van der Waals surface area contributed by atoms with Crippen molar-refractivity contribution in [2.24, 2.45) is 0 Å². The van der Waals surface area contributed by atoms with Crippen LogP contribution in [0, 0.1) is 5.82 Å². The smallest absolute Gasteiger partial charge is 0.328 e. The number of imidazole rings is 1. The number of hydrogen-bond acceptors (Lipinski definition) is 6. The van der Waals surface area contributed by atoms with Crippen molar-refractivity contribution in [3.05, 3.63) is 53.9 Å². The van der Waals surface area contributed by atoms with Crippen LogP contribution < -0.4 is 9.46 Å². The first-order valence-electron chi connectivity index (χ1n) is 8.13. The van der Waals surface area contributed by atoms with E-state index in [-0.39, 0.29) is 11.6 Å². The van der Waals surface area contributed by atoms with Gasteiger partial charge in [0.25, 0.3) is 0 Å². The van der Waals surface area contributed by atoms with Gasteiger partial charge in [-0.05, 0) is 12.5 Å². The van der Waals surface area contributed by atoms with Crippen LogP contribution in [0.25, 0.3) is 0 Å². The number of aromatic nitrogens is 2. The van der Waals surface area contributed by atoms with Gasteiger partial charge < -0.3 is 19.9 Å². The van der Waals surface area contributed by atoms with Gasteiger partial charge in [0.1, 0.15) is 11.6 Å². The summed E-state index contributed by atoms with van der Waals surface area (Å²) in [6, 6.07) is 2.49. The molecule has 0 bridgehead atoms. The third kappa shape index (κ3) is 6.60. The monoisotopic (exact) mass is 427 g/mol. The lowest BCUT2D eigenvalue weighted by Gasteiger charge is -2.27. The highest BCUT2D eigenvalue weighted by molar-refractivity contribution is 7.92. The number of carboxylic acids is 2. The standard InChI is InChI=1S/C13H14FN3O3S.C4H4O4/c1-21(18,19)17-11-5-8(14)4-10-9(2-3-20-13(10)11)12-6-15-7-16-12;5-3(6)1-2-4(7)8/h4-7,9,17H,2-3H2,1H3,(H,15,16);1-2H,(H,5,6)(H,7,8). The molecule has 0 amide bonds. The van der Waals surface area contributed by atoms with E-state index >= 15 is 0 Å². The number of ether oxygens (including phenoxy) is 1. The molecule has 0 fully saturated rings. The quantitative estimate of drug-likeness (QED) is 0.523. The van der Waals surface area contributed by atoms with Gasteiger partial charge in [0.15, 0.2) is 0 Å². The van der Waals surface area contributed by atoms with Gasteiger partial charge in [-0.3, -0.25) is 4.72 Å². The Bertz CT molecular complexity index is 1000. The molecule has 0 radical (unpaired) electrons. The fourth-order valence-electron chi connectivity index (χ4n) is 2.67. The highest BCUT2D eigenvalue weighted by atomic mass is 32.2. The van der Waals surface area contributed by atoms with Crippen LogP contribution in [0.2, 0.25) is 0 Å². The number of aliphatic carboxylic acids is 2. The molecule has 1 atom stereocenters. The molecule has 0 spiro atoms. The van der Waals surface area contributed by atoms with E-state index in [1.54, 1.807) is 12.5 Å². The molecular weight excluding hydrogens is 409 g/mol. The van der Waals surface area contributed by atoms with Crippen LogP contribution in [0.3, 0.4) is 0 Å². The van der Waals surface area contributed by atoms with Crippen molar-refractivity contribution in [1.82, 2.24) is 9.97 Å². The number of H-pyrrole nitrogens is 1. The number of halogens is 1. The minimum absolute atomic E-state index is 0.105. The average molecular weight is 427 g/mol. The normalized spacial score (nSPS) is 15.6. The highest BCUT2D eigenvalue weighted by Crippen LogP contribution is 2.42. The number of hydrogen-bond donors (Lipinski definition) is 4. The summed E-state index contributed by atoms with van der Waals surface area (Å²) in [6.07, 6.45) is 6.02. The molecule has 0 aliphatic carbocycles. The summed E-state index contributed by atoms with van der Waals surface area (Å²) in [5.41, 5.74) is 1.57. The fourth-order valence-corrected chi connectivity index (χ4v) is 3.22. The van der Waals surface area contributed by atoms with E-state index in [1.807, 2.05) is 0 Å². The van der Waals surface area contributed by atoms with Gasteiger partial charge in [0, 0.05) is 41.6 Å². The van der Waals surface area contributed by atoms with Gasteiger partial charge in [-0.25, -0.2) is 27.4 Å². The van der Waals surface area contributed by atoms with E-state index in [9.17, 15) is 22.4 Å². The van der Waals surface area contributed by atoms with Crippen molar-refractivity contribution in [2.75, 3.05) is 17.6 Å². The molecule has 1 aromatic heterocycles. The topological polar surface area (TPSA) is 159 Å². The first-order chi connectivity index (χ1) is 13.6. The van der Waals surface area contributed by atoms with E-state index < -0.39 is 27.8 Å². The van der Waals surface area contributed by atoms with Crippen LogP contribution in [-0.2, 0) is 19.6 Å². The summed E-state index contributed by atoms with van der Waals surface area (Å²) in [4.78, 5) is 26.1. The molecule has 0 saturated carbocycles. The summed E-state index contributed by atoms with van der Waals surface area (Å²) in [5, 5.41) is 15.6. The Hall–Kier alpha value is -3.41. The summed E-state index contributed by atoms with van der Waals surface area (Å²) < 4.78 is 44.5. The number of nitrogens with one attached hydrogen (secondary N) is 2. The van der Waals surface area contributed by atoms with E-state index in [0.717, 1.165) is 18.0 Å². The zero-order valence-electron chi connectivity index (χ0n) is 15.1. The zero-order chi connectivity index (χ0) is 21.6. The number of carboxylic acid groups (broad SMARTS) is 2. The van der Waals surface area contributed by atoms with Crippen molar-refractivity contribution in [3.8, 4) is 5.75 Å². The van der Waals surface area contributed by atoms with Crippen LogP contribution in [0.15, 0.2) is 36.8 Å². The minimum Gasteiger partial charge on any atom is -0.491 e. The second-order valence-corrected chi connectivity index (χ2v) is 7.70. The summed E-state index contributed by atoms with van der Waals surface area (Å²) in [7, 11) is -3.52.